The maximum Gasteiger partial charge on any atom is 0.119 e. The van der Waals surface area contributed by atoms with Crippen molar-refractivity contribution >= 4 is 11.6 Å². The molecule has 3 nitrogen and oxygen atoms in total. The van der Waals surface area contributed by atoms with E-state index in [-0.39, 0.29) is 12.6 Å². The van der Waals surface area contributed by atoms with Gasteiger partial charge in [-0.2, -0.15) is 0 Å². The van der Waals surface area contributed by atoms with Crippen LogP contribution >= 0.6 is 11.6 Å². The fourth-order valence-electron chi connectivity index (χ4n) is 1.27. The van der Waals surface area contributed by atoms with Crippen LogP contribution in [0.2, 0.25) is 0 Å². The zero-order valence-electron chi connectivity index (χ0n) is 8.53. The smallest absolute Gasteiger partial charge is 0.119 e. The average molecular weight is 230 g/mol. The summed E-state index contributed by atoms with van der Waals surface area (Å²) in [6.07, 6.45) is 0.571. The van der Waals surface area contributed by atoms with E-state index in [1.807, 2.05) is 24.3 Å². The van der Waals surface area contributed by atoms with Crippen LogP contribution < -0.4 is 10.5 Å². The summed E-state index contributed by atoms with van der Waals surface area (Å²) >= 11 is 5.50. The van der Waals surface area contributed by atoms with Crippen LogP contribution in [0.25, 0.3) is 0 Å². The van der Waals surface area contributed by atoms with Crippen molar-refractivity contribution in [2.24, 2.45) is 5.73 Å². The normalized spacial score (nSPS) is 12.5. The second-order valence-corrected chi connectivity index (χ2v) is 3.60. The third-order valence-corrected chi connectivity index (χ3v) is 2.25. The van der Waals surface area contributed by atoms with Crippen molar-refractivity contribution in [3.8, 4) is 5.75 Å². The quantitative estimate of drug-likeness (QED) is 0.730. The monoisotopic (exact) mass is 229 g/mol. The van der Waals surface area contributed by atoms with Crippen molar-refractivity contribution in [3.05, 3.63) is 29.8 Å². The number of nitrogens with two attached hydrogens (primary N) is 1. The molecule has 0 heterocycles. The summed E-state index contributed by atoms with van der Waals surface area (Å²) in [5.41, 5.74) is 6.84. The number of benzene rings is 1. The summed E-state index contributed by atoms with van der Waals surface area (Å²) in [4.78, 5) is 0. The molecule has 1 rings (SSSR count). The number of hydrogen-bond acceptors (Lipinski definition) is 3. The number of aliphatic hydroxyl groups is 1. The zero-order chi connectivity index (χ0) is 11.1. The molecule has 0 radical (unpaired) electrons. The summed E-state index contributed by atoms with van der Waals surface area (Å²) in [6.45, 7) is 0.606. The van der Waals surface area contributed by atoms with E-state index in [2.05, 4.69) is 0 Å². The van der Waals surface area contributed by atoms with E-state index in [0.29, 0.717) is 18.9 Å². The molecular weight excluding hydrogens is 214 g/mol. The Morgan fingerprint density at radius 1 is 1.33 bits per heavy atom. The minimum absolute atomic E-state index is 0.103. The lowest BCUT2D eigenvalue weighted by Crippen LogP contribution is -2.11. The van der Waals surface area contributed by atoms with Crippen molar-refractivity contribution in [2.75, 3.05) is 19.1 Å². The molecule has 0 spiro atoms. The van der Waals surface area contributed by atoms with Gasteiger partial charge in [0.25, 0.3) is 0 Å². The van der Waals surface area contributed by atoms with Crippen LogP contribution in [0, 0.1) is 0 Å². The fourth-order valence-corrected chi connectivity index (χ4v) is 1.35. The Kier molecular flexibility index (Phi) is 5.47. The van der Waals surface area contributed by atoms with Crippen molar-refractivity contribution < 1.29 is 9.84 Å². The lowest BCUT2D eigenvalue weighted by Gasteiger charge is -2.11. The standard InChI is InChI=1S/C11H16ClNO2/c12-6-8-15-10-3-1-9(2-4-10)11(13)5-7-14/h1-4,11,14H,5-8,13H2. The van der Waals surface area contributed by atoms with E-state index >= 15 is 0 Å². The van der Waals surface area contributed by atoms with Crippen LogP contribution in [0.3, 0.4) is 0 Å². The lowest BCUT2D eigenvalue weighted by atomic mass is 10.1. The topological polar surface area (TPSA) is 55.5 Å². The molecule has 0 saturated carbocycles. The molecule has 84 valence electrons. The number of ether oxygens (including phenoxy) is 1. The third-order valence-electron chi connectivity index (χ3n) is 2.09. The highest BCUT2D eigenvalue weighted by Crippen LogP contribution is 2.18. The molecule has 1 aromatic rings. The Hall–Kier alpha value is -0.770. The fraction of sp³-hybridized carbons (Fsp3) is 0.455. The predicted molar refractivity (Wildman–Crippen MR) is 61.3 cm³/mol. The molecule has 0 amide bonds. The van der Waals surface area contributed by atoms with Gasteiger partial charge >= 0.3 is 0 Å². The van der Waals surface area contributed by atoms with E-state index in [9.17, 15) is 0 Å². The van der Waals surface area contributed by atoms with E-state index < -0.39 is 0 Å². The summed E-state index contributed by atoms with van der Waals surface area (Å²) in [5, 5.41) is 8.75. The lowest BCUT2D eigenvalue weighted by molar-refractivity contribution is 0.276. The highest BCUT2D eigenvalue weighted by atomic mass is 35.5. The van der Waals surface area contributed by atoms with Gasteiger partial charge in [0.15, 0.2) is 0 Å². The predicted octanol–water partition coefficient (Wildman–Crippen LogP) is 1.69. The van der Waals surface area contributed by atoms with Crippen molar-refractivity contribution in [2.45, 2.75) is 12.5 Å². The number of alkyl halides is 1. The molecule has 1 aromatic carbocycles. The molecule has 1 atom stereocenters. The molecule has 0 fully saturated rings. The Balaban J connectivity index is 2.55. The largest absolute Gasteiger partial charge is 0.492 e. The van der Waals surface area contributed by atoms with Gasteiger partial charge in [0.05, 0.1) is 5.88 Å². The summed E-state index contributed by atoms with van der Waals surface area (Å²) in [6, 6.07) is 7.42. The number of aliphatic hydroxyl groups excluding tert-OH is 1. The first kappa shape index (κ1) is 12.3. The molecule has 0 bridgehead atoms. The Morgan fingerprint density at radius 2 is 2.00 bits per heavy atom. The van der Waals surface area contributed by atoms with Crippen molar-refractivity contribution in [1.29, 1.82) is 0 Å². The van der Waals surface area contributed by atoms with E-state index in [0.717, 1.165) is 11.3 Å². The van der Waals surface area contributed by atoms with Crippen molar-refractivity contribution in [3.63, 3.8) is 0 Å². The van der Waals surface area contributed by atoms with Gasteiger partial charge in [-0.1, -0.05) is 12.1 Å². The first-order chi connectivity index (χ1) is 7.27. The number of hydrogen-bond donors (Lipinski definition) is 2. The van der Waals surface area contributed by atoms with Gasteiger partial charge in [-0.3, -0.25) is 0 Å². The zero-order valence-corrected chi connectivity index (χ0v) is 9.28. The molecule has 4 heteroatoms. The van der Waals surface area contributed by atoms with Crippen LogP contribution in [0.4, 0.5) is 0 Å². The molecule has 0 aliphatic heterocycles. The first-order valence-electron chi connectivity index (χ1n) is 4.93. The van der Waals surface area contributed by atoms with Crippen LogP contribution in [0.15, 0.2) is 24.3 Å². The summed E-state index contributed by atoms with van der Waals surface area (Å²) < 4.78 is 5.33. The molecule has 0 aliphatic carbocycles. The van der Waals surface area contributed by atoms with Gasteiger partial charge in [-0.25, -0.2) is 0 Å². The minimum atomic E-state index is -0.114. The number of halogens is 1. The van der Waals surface area contributed by atoms with Gasteiger partial charge in [0, 0.05) is 12.6 Å². The van der Waals surface area contributed by atoms with Crippen LogP contribution in [0.5, 0.6) is 5.75 Å². The minimum Gasteiger partial charge on any atom is -0.492 e. The second kappa shape index (κ2) is 6.67. The van der Waals surface area contributed by atoms with Crippen LogP contribution in [-0.2, 0) is 0 Å². The molecule has 15 heavy (non-hydrogen) atoms. The molecule has 0 saturated heterocycles. The first-order valence-corrected chi connectivity index (χ1v) is 5.46. The Bertz CT molecular complexity index is 276. The average Bonchev–Trinajstić information content (AvgIpc) is 2.27. The maximum absolute atomic E-state index is 8.75. The van der Waals surface area contributed by atoms with Gasteiger partial charge in [0.1, 0.15) is 12.4 Å². The summed E-state index contributed by atoms with van der Waals surface area (Å²) in [7, 11) is 0. The van der Waals surface area contributed by atoms with E-state index in [1.54, 1.807) is 0 Å². The molecule has 1 unspecified atom stereocenters. The third kappa shape index (κ3) is 4.08. The number of rotatable bonds is 6. The van der Waals surface area contributed by atoms with E-state index in [4.69, 9.17) is 27.2 Å². The van der Waals surface area contributed by atoms with Crippen molar-refractivity contribution in [1.82, 2.24) is 0 Å². The van der Waals surface area contributed by atoms with E-state index in [1.165, 1.54) is 0 Å². The Morgan fingerprint density at radius 3 is 2.53 bits per heavy atom. The van der Waals surface area contributed by atoms with Crippen LogP contribution in [-0.4, -0.2) is 24.2 Å². The van der Waals surface area contributed by atoms with Gasteiger partial charge in [-0.15, -0.1) is 11.6 Å². The van der Waals surface area contributed by atoms with Gasteiger partial charge in [-0.05, 0) is 24.1 Å². The highest BCUT2D eigenvalue weighted by molar-refractivity contribution is 6.17. The van der Waals surface area contributed by atoms with Crippen LogP contribution in [0.1, 0.15) is 18.0 Å². The van der Waals surface area contributed by atoms with Gasteiger partial charge in [0.2, 0.25) is 0 Å². The summed E-state index contributed by atoms with van der Waals surface area (Å²) in [5.74, 6) is 1.27. The Labute approximate surface area is 94.8 Å². The highest BCUT2D eigenvalue weighted by Gasteiger charge is 2.04. The SMILES string of the molecule is NC(CCO)c1ccc(OCCCl)cc1. The second-order valence-electron chi connectivity index (χ2n) is 3.23. The molecule has 0 aliphatic rings. The molecule has 3 N–H and O–H groups in total. The maximum atomic E-state index is 8.75. The van der Waals surface area contributed by atoms with Gasteiger partial charge < -0.3 is 15.6 Å². The molecular formula is C11H16ClNO2. The molecule has 0 aromatic heterocycles.